The van der Waals surface area contributed by atoms with E-state index in [0.29, 0.717) is 6.54 Å². The van der Waals surface area contributed by atoms with Gasteiger partial charge in [0.05, 0.1) is 7.11 Å². The molecule has 1 heterocycles. The van der Waals surface area contributed by atoms with E-state index in [4.69, 9.17) is 9.47 Å². The number of halogens is 3. The summed E-state index contributed by atoms with van der Waals surface area (Å²) in [6, 6.07) is 14.9. The monoisotopic (exact) mass is 575 g/mol. The van der Waals surface area contributed by atoms with Crippen LogP contribution in [0.1, 0.15) is 24.0 Å². The van der Waals surface area contributed by atoms with Gasteiger partial charge in [-0.15, -0.1) is 24.0 Å². The predicted molar refractivity (Wildman–Crippen MR) is 136 cm³/mol. The number of hydrogen-bond donors (Lipinski definition) is 1. The number of hydrogen-bond acceptors (Lipinski definition) is 4. The molecular formula is C24H32F2IN3O3. The zero-order valence-corrected chi connectivity index (χ0v) is 21.6. The molecule has 182 valence electrons. The predicted octanol–water partition coefficient (Wildman–Crippen LogP) is 4.67. The van der Waals surface area contributed by atoms with Crippen LogP contribution in [0.5, 0.6) is 11.5 Å². The Morgan fingerprint density at radius 2 is 1.70 bits per heavy atom. The molecule has 3 rings (SSSR count). The molecule has 33 heavy (non-hydrogen) atoms. The molecule has 0 aromatic heterocycles. The zero-order valence-electron chi connectivity index (χ0n) is 19.2. The van der Waals surface area contributed by atoms with Gasteiger partial charge in [-0.3, -0.25) is 4.99 Å². The van der Waals surface area contributed by atoms with Gasteiger partial charge in [0.25, 0.3) is 0 Å². The second kappa shape index (κ2) is 12.9. The smallest absolute Gasteiger partial charge is 0.387 e. The van der Waals surface area contributed by atoms with Gasteiger partial charge in [-0.05, 0) is 48.2 Å². The normalized spacial score (nSPS) is 15.5. The fourth-order valence-corrected chi connectivity index (χ4v) is 4.03. The van der Waals surface area contributed by atoms with Crippen LogP contribution in [0.2, 0.25) is 0 Å². The molecule has 1 aliphatic heterocycles. The maximum atomic E-state index is 12.3. The molecule has 1 aliphatic rings. The lowest BCUT2D eigenvalue weighted by Gasteiger charge is -2.39. The highest BCUT2D eigenvalue weighted by Gasteiger charge is 2.35. The Hall–Kier alpha value is -2.14. The second-order valence-electron chi connectivity index (χ2n) is 7.90. The first-order valence-electron chi connectivity index (χ1n) is 10.6. The van der Waals surface area contributed by atoms with E-state index in [1.807, 2.05) is 24.1 Å². The Bertz CT molecular complexity index is 874. The molecule has 2 aromatic rings. The maximum Gasteiger partial charge on any atom is 0.387 e. The Kier molecular flexibility index (Phi) is 10.6. The van der Waals surface area contributed by atoms with Gasteiger partial charge in [0, 0.05) is 45.8 Å². The number of nitrogens with one attached hydrogen (secondary N) is 1. The lowest BCUT2D eigenvalue weighted by molar-refractivity contribution is -0.0498. The summed E-state index contributed by atoms with van der Waals surface area (Å²) in [5.41, 5.74) is 2.16. The van der Waals surface area contributed by atoms with E-state index in [1.165, 1.54) is 5.56 Å². The maximum absolute atomic E-state index is 12.3. The van der Waals surface area contributed by atoms with Crippen molar-refractivity contribution in [3.63, 3.8) is 0 Å². The largest absolute Gasteiger partial charge is 0.497 e. The van der Waals surface area contributed by atoms with Crippen molar-refractivity contribution < 1.29 is 23.0 Å². The molecule has 0 bridgehead atoms. The van der Waals surface area contributed by atoms with Gasteiger partial charge in [-0.2, -0.15) is 8.78 Å². The highest BCUT2D eigenvalue weighted by atomic mass is 127. The van der Waals surface area contributed by atoms with Gasteiger partial charge >= 0.3 is 6.61 Å². The van der Waals surface area contributed by atoms with E-state index in [9.17, 15) is 8.78 Å². The number of ether oxygens (including phenoxy) is 3. The second-order valence-corrected chi connectivity index (χ2v) is 7.90. The summed E-state index contributed by atoms with van der Waals surface area (Å²) < 4.78 is 40.0. The number of methoxy groups -OCH3 is 1. The van der Waals surface area contributed by atoms with Crippen LogP contribution in [0, 0.1) is 0 Å². The topological polar surface area (TPSA) is 55.3 Å². The molecule has 9 heteroatoms. The summed E-state index contributed by atoms with van der Waals surface area (Å²) in [6.45, 7) is -0.0897. The number of aliphatic imine (C=N–C) groups is 1. The SMILES string of the molecule is CN=C(NCC1(c2ccc(OC)cc2)CCOCC1)N(C)Cc1ccc(OC(F)F)cc1.I. The standard InChI is InChI=1S/C24H31F2N3O3.HI/c1-27-23(29(2)16-18-4-8-21(9-5-18)32-22(25)26)28-17-24(12-14-31-15-13-24)19-6-10-20(30-3)11-7-19;/h4-11,22H,12-17H2,1-3H3,(H,27,28);1H. The number of guanidine groups is 1. The van der Waals surface area contributed by atoms with Crippen LogP contribution in [-0.4, -0.2) is 58.4 Å². The van der Waals surface area contributed by atoms with Crippen LogP contribution in [0.4, 0.5) is 8.78 Å². The Morgan fingerprint density at radius 3 is 2.24 bits per heavy atom. The summed E-state index contributed by atoms with van der Waals surface area (Å²) in [6.07, 6.45) is 1.83. The number of benzene rings is 2. The van der Waals surface area contributed by atoms with E-state index in [2.05, 4.69) is 27.2 Å². The minimum atomic E-state index is -2.82. The van der Waals surface area contributed by atoms with Crippen LogP contribution < -0.4 is 14.8 Å². The van der Waals surface area contributed by atoms with Crippen molar-refractivity contribution in [2.24, 2.45) is 4.99 Å². The Balaban J connectivity index is 0.00000385. The minimum absolute atomic E-state index is 0. The number of alkyl halides is 2. The third-order valence-corrected chi connectivity index (χ3v) is 5.88. The third-order valence-electron chi connectivity index (χ3n) is 5.88. The lowest BCUT2D eigenvalue weighted by Crippen LogP contribution is -2.48. The van der Waals surface area contributed by atoms with E-state index in [0.717, 1.165) is 49.9 Å². The van der Waals surface area contributed by atoms with Gasteiger partial charge in [0.2, 0.25) is 0 Å². The van der Waals surface area contributed by atoms with Crippen molar-refractivity contribution >= 4 is 29.9 Å². The van der Waals surface area contributed by atoms with Gasteiger partial charge < -0.3 is 24.4 Å². The van der Waals surface area contributed by atoms with Crippen LogP contribution >= 0.6 is 24.0 Å². The van der Waals surface area contributed by atoms with Crippen LogP contribution in [-0.2, 0) is 16.7 Å². The van der Waals surface area contributed by atoms with Gasteiger partial charge in [-0.1, -0.05) is 24.3 Å². The molecule has 0 aliphatic carbocycles. The average molecular weight is 575 g/mol. The highest BCUT2D eigenvalue weighted by molar-refractivity contribution is 14.0. The van der Waals surface area contributed by atoms with Crippen molar-refractivity contribution in [1.29, 1.82) is 0 Å². The summed E-state index contributed by atoms with van der Waals surface area (Å²) in [4.78, 5) is 6.44. The van der Waals surface area contributed by atoms with Gasteiger partial charge in [0.15, 0.2) is 5.96 Å². The van der Waals surface area contributed by atoms with Crippen LogP contribution in [0.15, 0.2) is 53.5 Å². The van der Waals surface area contributed by atoms with E-state index in [-0.39, 0.29) is 35.1 Å². The van der Waals surface area contributed by atoms with Gasteiger partial charge in [-0.25, -0.2) is 0 Å². The van der Waals surface area contributed by atoms with Crippen LogP contribution in [0.25, 0.3) is 0 Å². The first kappa shape index (κ1) is 27.1. The van der Waals surface area contributed by atoms with Gasteiger partial charge in [0.1, 0.15) is 11.5 Å². The zero-order chi connectivity index (χ0) is 23.0. The van der Waals surface area contributed by atoms with Crippen molar-refractivity contribution in [2.45, 2.75) is 31.4 Å². The summed E-state index contributed by atoms with van der Waals surface area (Å²) in [5.74, 6) is 1.75. The molecule has 1 N–H and O–H groups in total. The van der Waals surface area contributed by atoms with Crippen LogP contribution in [0.3, 0.4) is 0 Å². The van der Waals surface area contributed by atoms with Crippen molar-refractivity contribution in [2.75, 3.05) is 41.0 Å². The molecule has 1 fully saturated rings. The number of nitrogens with zero attached hydrogens (tertiary/aromatic N) is 2. The molecule has 0 radical (unpaired) electrons. The van der Waals surface area contributed by atoms with Crippen molar-refractivity contribution in [3.05, 3.63) is 59.7 Å². The lowest BCUT2D eigenvalue weighted by atomic mass is 9.74. The summed E-state index contributed by atoms with van der Waals surface area (Å²) >= 11 is 0. The first-order valence-corrected chi connectivity index (χ1v) is 10.6. The third kappa shape index (κ3) is 7.43. The van der Waals surface area contributed by atoms with E-state index >= 15 is 0 Å². The van der Waals surface area contributed by atoms with Crippen molar-refractivity contribution in [1.82, 2.24) is 10.2 Å². The number of rotatable bonds is 8. The molecular weight excluding hydrogens is 543 g/mol. The molecule has 1 saturated heterocycles. The molecule has 0 saturated carbocycles. The molecule has 0 spiro atoms. The minimum Gasteiger partial charge on any atom is -0.497 e. The quantitative estimate of drug-likeness (QED) is 0.282. The molecule has 0 unspecified atom stereocenters. The molecule has 6 nitrogen and oxygen atoms in total. The highest BCUT2D eigenvalue weighted by Crippen LogP contribution is 2.35. The van der Waals surface area contributed by atoms with E-state index < -0.39 is 6.61 Å². The summed E-state index contributed by atoms with van der Waals surface area (Å²) in [5, 5.41) is 3.53. The fraction of sp³-hybridized carbons (Fsp3) is 0.458. The molecule has 2 aromatic carbocycles. The Labute approximate surface area is 211 Å². The fourth-order valence-electron chi connectivity index (χ4n) is 4.03. The first-order chi connectivity index (χ1) is 15.5. The Morgan fingerprint density at radius 1 is 1.09 bits per heavy atom. The summed E-state index contributed by atoms with van der Waals surface area (Å²) in [7, 11) is 5.37. The van der Waals surface area contributed by atoms with Crippen molar-refractivity contribution in [3.8, 4) is 11.5 Å². The molecule has 0 atom stereocenters. The average Bonchev–Trinajstić information content (AvgIpc) is 2.81. The molecule has 0 amide bonds. The van der Waals surface area contributed by atoms with E-state index in [1.54, 1.807) is 38.4 Å².